The summed E-state index contributed by atoms with van der Waals surface area (Å²) in [5.41, 5.74) is 0.850. The van der Waals surface area contributed by atoms with E-state index in [-0.39, 0.29) is 5.56 Å². The molecule has 24 heavy (non-hydrogen) atoms. The van der Waals surface area contributed by atoms with E-state index in [9.17, 15) is 4.79 Å². The fourth-order valence-electron chi connectivity index (χ4n) is 2.97. The maximum absolute atomic E-state index is 13.0. The third-order valence-corrected chi connectivity index (χ3v) is 5.07. The van der Waals surface area contributed by atoms with E-state index in [1.165, 1.54) is 0 Å². The van der Waals surface area contributed by atoms with Crippen molar-refractivity contribution in [2.45, 2.75) is 70.6 Å². The second-order valence-corrected chi connectivity index (χ2v) is 8.50. The van der Waals surface area contributed by atoms with Crippen molar-refractivity contribution < 1.29 is 0 Å². The molecule has 1 aromatic heterocycles. The van der Waals surface area contributed by atoms with Gasteiger partial charge >= 0.3 is 0 Å². The summed E-state index contributed by atoms with van der Waals surface area (Å²) in [7, 11) is 0. The van der Waals surface area contributed by atoms with Gasteiger partial charge in [0.15, 0.2) is 5.16 Å². The highest BCUT2D eigenvalue weighted by molar-refractivity contribution is 7.99. The van der Waals surface area contributed by atoms with Crippen molar-refractivity contribution in [2.24, 2.45) is 0 Å². The second kappa shape index (κ2) is 8.17. The molecular formula is C19H29N3OS. The zero-order chi connectivity index (χ0) is 17.9. The fraction of sp³-hybridized carbons (Fsp3) is 0.579. The predicted molar refractivity (Wildman–Crippen MR) is 104 cm³/mol. The first-order valence-corrected chi connectivity index (χ1v) is 9.61. The van der Waals surface area contributed by atoms with E-state index in [2.05, 4.69) is 46.4 Å². The molecule has 0 saturated heterocycles. The van der Waals surface area contributed by atoms with Gasteiger partial charge in [-0.3, -0.25) is 14.3 Å². The normalized spacial score (nSPS) is 12.2. The Morgan fingerprint density at radius 1 is 1.08 bits per heavy atom. The van der Waals surface area contributed by atoms with Gasteiger partial charge in [-0.1, -0.05) is 37.7 Å². The molecule has 5 heteroatoms. The van der Waals surface area contributed by atoms with Crippen LogP contribution in [-0.2, 0) is 6.54 Å². The molecule has 0 aliphatic heterocycles. The standard InChI is InChI=1S/C19H29N3OS/c1-13(2)21(14(3)4)11-12-22-18(23)16-9-7-8-10-17(16)20-19(22)24-15(5)6/h7-10,13-15H,11-12H2,1-6H3. The molecule has 2 rings (SSSR count). The molecule has 0 bridgehead atoms. The lowest BCUT2D eigenvalue weighted by Gasteiger charge is -2.31. The molecule has 132 valence electrons. The van der Waals surface area contributed by atoms with Crippen LogP contribution in [0.4, 0.5) is 0 Å². The van der Waals surface area contributed by atoms with Crippen molar-refractivity contribution >= 4 is 22.7 Å². The van der Waals surface area contributed by atoms with Gasteiger partial charge in [0.05, 0.1) is 10.9 Å². The lowest BCUT2D eigenvalue weighted by Crippen LogP contribution is -2.40. The number of hydrogen-bond donors (Lipinski definition) is 0. The highest BCUT2D eigenvalue weighted by Crippen LogP contribution is 2.22. The van der Waals surface area contributed by atoms with Gasteiger partial charge in [-0.05, 0) is 39.8 Å². The third kappa shape index (κ3) is 4.39. The van der Waals surface area contributed by atoms with Crippen LogP contribution < -0.4 is 5.56 Å². The van der Waals surface area contributed by atoms with E-state index in [1.807, 2.05) is 28.8 Å². The molecule has 0 aliphatic rings. The SMILES string of the molecule is CC(C)Sc1nc2ccccc2c(=O)n1CCN(C(C)C)C(C)C. The predicted octanol–water partition coefficient (Wildman–Crippen LogP) is 4.02. The first-order chi connectivity index (χ1) is 11.3. The van der Waals surface area contributed by atoms with Gasteiger partial charge in [-0.2, -0.15) is 0 Å². The van der Waals surface area contributed by atoms with Crippen LogP contribution in [0.2, 0.25) is 0 Å². The minimum atomic E-state index is 0.0659. The number of nitrogens with zero attached hydrogens (tertiary/aromatic N) is 3. The van der Waals surface area contributed by atoms with Crippen LogP contribution >= 0.6 is 11.8 Å². The van der Waals surface area contributed by atoms with Crippen LogP contribution in [0.25, 0.3) is 10.9 Å². The number of fused-ring (bicyclic) bond motifs is 1. The van der Waals surface area contributed by atoms with E-state index in [0.29, 0.717) is 29.3 Å². The topological polar surface area (TPSA) is 38.1 Å². The number of rotatable bonds is 7. The molecule has 0 fully saturated rings. The van der Waals surface area contributed by atoms with Crippen molar-refractivity contribution in [1.82, 2.24) is 14.5 Å². The van der Waals surface area contributed by atoms with Gasteiger partial charge in [0.2, 0.25) is 0 Å². The molecular weight excluding hydrogens is 318 g/mol. The summed E-state index contributed by atoms with van der Waals surface area (Å²) in [6.07, 6.45) is 0. The van der Waals surface area contributed by atoms with Crippen molar-refractivity contribution in [2.75, 3.05) is 6.54 Å². The van der Waals surface area contributed by atoms with Gasteiger partial charge in [-0.25, -0.2) is 4.98 Å². The largest absolute Gasteiger partial charge is 0.297 e. The highest BCUT2D eigenvalue weighted by atomic mass is 32.2. The monoisotopic (exact) mass is 347 g/mol. The molecule has 0 N–H and O–H groups in total. The average molecular weight is 348 g/mol. The molecule has 0 atom stereocenters. The van der Waals surface area contributed by atoms with Crippen LogP contribution in [0, 0.1) is 0 Å². The quantitative estimate of drug-likeness (QED) is 0.560. The molecule has 1 aromatic carbocycles. The van der Waals surface area contributed by atoms with Crippen molar-refractivity contribution in [3.05, 3.63) is 34.6 Å². The number of hydrogen-bond acceptors (Lipinski definition) is 4. The summed E-state index contributed by atoms with van der Waals surface area (Å²) in [5, 5.41) is 1.91. The van der Waals surface area contributed by atoms with Crippen LogP contribution in [0.3, 0.4) is 0 Å². The summed E-state index contributed by atoms with van der Waals surface area (Å²) in [5.74, 6) is 0. The van der Waals surface area contributed by atoms with Crippen molar-refractivity contribution in [1.29, 1.82) is 0 Å². The van der Waals surface area contributed by atoms with E-state index in [1.54, 1.807) is 11.8 Å². The van der Waals surface area contributed by atoms with E-state index in [4.69, 9.17) is 4.98 Å². The summed E-state index contributed by atoms with van der Waals surface area (Å²) in [4.78, 5) is 20.1. The molecule has 1 heterocycles. The Bertz CT molecular complexity index is 729. The molecule has 0 unspecified atom stereocenters. The number of thioether (sulfide) groups is 1. The third-order valence-electron chi connectivity index (χ3n) is 4.08. The molecule has 0 aliphatic carbocycles. The summed E-state index contributed by atoms with van der Waals surface area (Å²) in [6.45, 7) is 14.6. The highest BCUT2D eigenvalue weighted by Gasteiger charge is 2.17. The van der Waals surface area contributed by atoms with Crippen LogP contribution in [0.5, 0.6) is 0 Å². The Kier molecular flexibility index (Phi) is 6.47. The van der Waals surface area contributed by atoms with E-state index in [0.717, 1.165) is 17.2 Å². The van der Waals surface area contributed by atoms with Gasteiger partial charge in [0, 0.05) is 30.4 Å². The number of para-hydroxylation sites is 1. The molecule has 0 saturated carbocycles. The van der Waals surface area contributed by atoms with Crippen LogP contribution in [0.15, 0.2) is 34.2 Å². The average Bonchev–Trinajstić information content (AvgIpc) is 2.49. The lowest BCUT2D eigenvalue weighted by molar-refractivity contribution is 0.166. The first kappa shape index (κ1) is 19.0. The van der Waals surface area contributed by atoms with Crippen LogP contribution in [-0.4, -0.2) is 38.3 Å². The Balaban J connectivity index is 2.42. The Labute approximate surface area is 149 Å². The first-order valence-electron chi connectivity index (χ1n) is 8.73. The maximum atomic E-state index is 13.0. The zero-order valence-corrected chi connectivity index (χ0v) is 16.4. The summed E-state index contributed by atoms with van der Waals surface area (Å²) < 4.78 is 1.85. The minimum Gasteiger partial charge on any atom is -0.297 e. The Hall–Kier alpha value is -1.33. The molecule has 0 radical (unpaired) electrons. The fourth-order valence-corrected chi connectivity index (χ4v) is 3.85. The van der Waals surface area contributed by atoms with E-state index >= 15 is 0 Å². The molecule has 0 amide bonds. The number of benzene rings is 1. The van der Waals surface area contributed by atoms with Gasteiger partial charge in [0.25, 0.3) is 5.56 Å². The maximum Gasteiger partial charge on any atom is 0.262 e. The van der Waals surface area contributed by atoms with E-state index < -0.39 is 0 Å². The van der Waals surface area contributed by atoms with Crippen molar-refractivity contribution in [3.8, 4) is 0 Å². The summed E-state index contributed by atoms with van der Waals surface area (Å²) in [6, 6.07) is 8.53. The molecule has 0 spiro atoms. The van der Waals surface area contributed by atoms with Crippen molar-refractivity contribution in [3.63, 3.8) is 0 Å². The molecule has 4 nitrogen and oxygen atoms in total. The zero-order valence-electron chi connectivity index (χ0n) is 15.6. The van der Waals surface area contributed by atoms with Gasteiger partial charge in [0.1, 0.15) is 0 Å². The smallest absolute Gasteiger partial charge is 0.262 e. The minimum absolute atomic E-state index is 0.0659. The van der Waals surface area contributed by atoms with Gasteiger partial charge in [-0.15, -0.1) is 0 Å². The number of aromatic nitrogens is 2. The Morgan fingerprint density at radius 3 is 2.29 bits per heavy atom. The lowest BCUT2D eigenvalue weighted by atomic mass is 10.2. The van der Waals surface area contributed by atoms with Gasteiger partial charge < -0.3 is 0 Å². The Morgan fingerprint density at radius 2 is 1.71 bits per heavy atom. The summed E-state index contributed by atoms with van der Waals surface area (Å²) >= 11 is 1.66. The second-order valence-electron chi connectivity index (χ2n) is 6.96. The molecule has 2 aromatic rings. The van der Waals surface area contributed by atoms with Crippen LogP contribution in [0.1, 0.15) is 41.5 Å².